The molecule has 5 nitrogen and oxygen atoms in total. The molecule has 0 bridgehead atoms. The molecule has 0 spiro atoms. The van der Waals surface area contributed by atoms with E-state index in [1.165, 1.54) is 6.07 Å². The highest BCUT2D eigenvalue weighted by molar-refractivity contribution is 7.90. The second-order valence-corrected chi connectivity index (χ2v) is 7.94. The largest absolute Gasteiger partial charge is 0.487 e. The molecule has 1 N–H and O–H groups in total. The average molecular weight is 399 g/mol. The van der Waals surface area contributed by atoms with Crippen molar-refractivity contribution in [2.75, 3.05) is 5.32 Å². The Morgan fingerprint density at radius 2 is 1.70 bits per heavy atom. The first-order valence-corrected chi connectivity index (χ1v) is 10.0. The van der Waals surface area contributed by atoms with E-state index in [1.54, 1.807) is 36.4 Å². The molecule has 1 aliphatic rings. The zero-order valence-corrected chi connectivity index (χ0v) is 15.7. The second kappa shape index (κ2) is 7.06. The van der Waals surface area contributed by atoms with E-state index in [9.17, 15) is 8.42 Å². The maximum Gasteiger partial charge on any atom is 0.286 e. The van der Waals surface area contributed by atoms with Gasteiger partial charge in [0.25, 0.3) is 10.0 Å². The lowest BCUT2D eigenvalue weighted by Crippen LogP contribution is -2.22. The summed E-state index contributed by atoms with van der Waals surface area (Å²) in [6, 6.07) is 21.4. The van der Waals surface area contributed by atoms with E-state index >= 15 is 0 Å². The van der Waals surface area contributed by atoms with Gasteiger partial charge in [-0.05, 0) is 35.9 Å². The number of hydrogen-bond donors (Lipinski definition) is 1. The summed E-state index contributed by atoms with van der Waals surface area (Å²) >= 11 is 6.33. The van der Waals surface area contributed by atoms with Gasteiger partial charge in [0.2, 0.25) is 0 Å². The molecule has 0 aliphatic carbocycles. The Balaban J connectivity index is 1.59. The Labute approximate surface area is 162 Å². The molecule has 0 atom stereocenters. The summed E-state index contributed by atoms with van der Waals surface area (Å²) in [5.41, 5.74) is 2.08. The van der Waals surface area contributed by atoms with Crippen LogP contribution in [-0.2, 0) is 16.6 Å². The Hall–Kier alpha value is -2.83. The van der Waals surface area contributed by atoms with Crippen LogP contribution in [0.25, 0.3) is 0 Å². The van der Waals surface area contributed by atoms with Crippen molar-refractivity contribution < 1.29 is 13.2 Å². The van der Waals surface area contributed by atoms with Gasteiger partial charge >= 0.3 is 0 Å². The van der Waals surface area contributed by atoms with Gasteiger partial charge in [0, 0.05) is 5.56 Å². The van der Waals surface area contributed by atoms with Crippen molar-refractivity contribution >= 4 is 33.1 Å². The lowest BCUT2D eigenvalue weighted by molar-refractivity contribution is 0.306. The molecule has 1 aliphatic heterocycles. The van der Waals surface area contributed by atoms with Gasteiger partial charge in [-0.15, -0.1) is 4.40 Å². The third-order valence-electron chi connectivity index (χ3n) is 4.07. The number of anilines is 1. The maximum atomic E-state index is 12.4. The van der Waals surface area contributed by atoms with Gasteiger partial charge in [0.15, 0.2) is 5.84 Å². The highest BCUT2D eigenvalue weighted by Crippen LogP contribution is 2.31. The van der Waals surface area contributed by atoms with E-state index < -0.39 is 10.0 Å². The number of nitrogens with zero attached hydrogens (tertiary/aromatic N) is 1. The molecule has 0 radical (unpaired) electrons. The third-order valence-corrected chi connectivity index (χ3v) is 5.70. The maximum absolute atomic E-state index is 12.4. The van der Waals surface area contributed by atoms with E-state index in [1.807, 2.05) is 30.3 Å². The fourth-order valence-electron chi connectivity index (χ4n) is 2.74. The fourth-order valence-corrected chi connectivity index (χ4v) is 4.11. The molecule has 27 heavy (non-hydrogen) atoms. The molecule has 0 amide bonds. The zero-order chi connectivity index (χ0) is 18.9. The van der Waals surface area contributed by atoms with Crippen LogP contribution in [0.1, 0.15) is 11.1 Å². The minimum Gasteiger partial charge on any atom is -0.487 e. The van der Waals surface area contributed by atoms with Crippen LogP contribution in [0.3, 0.4) is 0 Å². The van der Waals surface area contributed by atoms with Crippen molar-refractivity contribution in [1.82, 2.24) is 0 Å². The van der Waals surface area contributed by atoms with E-state index in [0.717, 1.165) is 5.56 Å². The monoisotopic (exact) mass is 398 g/mol. The van der Waals surface area contributed by atoms with Crippen LogP contribution in [0.2, 0.25) is 5.02 Å². The topological polar surface area (TPSA) is 67.8 Å². The normalized spacial score (nSPS) is 14.6. The van der Waals surface area contributed by atoms with Crippen LogP contribution in [-0.4, -0.2) is 14.3 Å². The number of rotatable bonds is 4. The molecule has 3 aromatic rings. The predicted molar refractivity (Wildman–Crippen MR) is 106 cm³/mol. The Morgan fingerprint density at radius 3 is 2.48 bits per heavy atom. The summed E-state index contributed by atoms with van der Waals surface area (Å²) in [7, 11) is -3.76. The molecule has 0 aromatic heterocycles. The minimum atomic E-state index is -3.76. The summed E-state index contributed by atoms with van der Waals surface area (Å²) in [6.45, 7) is 0.390. The zero-order valence-electron chi connectivity index (χ0n) is 14.1. The third kappa shape index (κ3) is 3.67. The minimum absolute atomic E-state index is 0.155. The van der Waals surface area contributed by atoms with Gasteiger partial charge in [0.05, 0.1) is 10.7 Å². The average Bonchev–Trinajstić information content (AvgIpc) is 2.67. The summed E-state index contributed by atoms with van der Waals surface area (Å²) in [6.07, 6.45) is 0. The first kappa shape index (κ1) is 17.6. The Kier molecular flexibility index (Phi) is 4.59. The van der Waals surface area contributed by atoms with Gasteiger partial charge in [-0.2, -0.15) is 8.42 Å². The Morgan fingerprint density at radius 1 is 0.963 bits per heavy atom. The molecule has 0 fully saturated rings. The van der Waals surface area contributed by atoms with Crippen molar-refractivity contribution in [1.29, 1.82) is 0 Å². The van der Waals surface area contributed by atoms with Crippen molar-refractivity contribution in [3.05, 3.63) is 88.9 Å². The van der Waals surface area contributed by atoms with E-state index in [-0.39, 0.29) is 10.7 Å². The lowest BCUT2D eigenvalue weighted by atomic mass is 10.2. The molecule has 0 saturated heterocycles. The standard InChI is InChI=1S/C20H15ClN2O3S/c21-16-12-15(10-11-18(16)26-13-14-6-2-1-3-7-14)20-22-17-8-4-5-9-19(17)27(24,25)23-20/h1-12H,13H2,(H,22,23). The summed E-state index contributed by atoms with van der Waals surface area (Å²) in [4.78, 5) is 0.155. The van der Waals surface area contributed by atoms with E-state index in [2.05, 4.69) is 9.71 Å². The number of ether oxygens (including phenoxy) is 1. The number of amidine groups is 1. The molecule has 0 unspecified atom stereocenters. The van der Waals surface area contributed by atoms with Gasteiger partial charge in [0.1, 0.15) is 17.3 Å². The van der Waals surface area contributed by atoms with Crippen LogP contribution < -0.4 is 10.1 Å². The fraction of sp³-hybridized carbons (Fsp3) is 0.0500. The number of fused-ring (bicyclic) bond motifs is 1. The second-order valence-electron chi connectivity index (χ2n) is 5.96. The smallest absolute Gasteiger partial charge is 0.286 e. The van der Waals surface area contributed by atoms with Gasteiger partial charge in [-0.1, -0.05) is 54.1 Å². The van der Waals surface area contributed by atoms with Gasteiger partial charge in [-0.3, -0.25) is 0 Å². The summed E-state index contributed by atoms with van der Waals surface area (Å²) < 4.78 is 34.4. The van der Waals surface area contributed by atoms with Crippen LogP contribution in [0.15, 0.2) is 82.1 Å². The molecular weight excluding hydrogens is 384 g/mol. The molecular formula is C20H15ClN2O3S. The van der Waals surface area contributed by atoms with Crippen molar-refractivity contribution in [3.8, 4) is 5.75 Å². The number of para-hydroxylation sites is 1. The van der Waals surface area contributed by atoms with Crippen LogP contribution in [0, 0.1) is 0 Å². The van der Waals surface area contributed by atoms with Crippen molar-refractivity contribution in [2.45, 2.75) is 11.5 Å². The number of halogens is 1. The highest BCUT2D eigenvalue weighted by Gasteiger charge is 2.25. The molecule has 136 valence electrons. The molecule has 7 heteroatoms. The number of hydrogen-bond acceptors (Lipinski definition) is 4. The lowest BCUT2D eigenvalue weighted by Gasteiger charge is -2.18. The highest BCUT2D eigenvalue weighted by atomic mass is 35.5. The number of nitrogens with one attached hydrogen (secondary N) is 1. The Bertz CT molecular complexity index is 1130. The number of sulfonamides is 1. The van der Waals surface area contributed by atoms with Gasteiger partial charge in [-0.25, -0.2) is 0 Å². The predicted octanol–water partition coefficient (Wildman–Crippen LogP) is 4.48. The van der Waals surface area contributed by atoms with Crippen LogP contribution in [0.5, 0.6) is 5.75 Å². The van der Waals surface area contributed by atoms with Crippen LogP contribution >= 0.6 is 11.6 Å². The van der Waals surface area contributed by atoms with Crippen molar-refractivity contribution in [2.24, 2.45) is 4.40 Å². The number of benzene rings is 3. The molecule has 0 saturated carbocycles. The van der Waals surface area contributed by atoms with Gasteiger partial charge < -0.3 is 10.1 Å². The first-order chi connectivity index (χ1) is 13.0. The van der Waals surface area contributed by atoms with Crippen molar-refractivity contribution in [3.63, 3.8) is 0 Å². The molecule has 1 heterocycles. The van der Waals surface area contributed by atoms with Crippen LogP contribution in [0.4, 0.5) is 5.69 Å². The molecule has 3 aromatic carbocycles. The summed E-state index contributed by atoms with van der Waals surface area (Å²) in [5.74, 6) is 0.745. The molecule has 4 rings (SSSR count). The first-order valence-electron chi connectivity index (χ1n) is 8.21. The van der Waals surface area contributed by atoms with E-state index in [0.29, 0.717) is 28.6 Å². The van der Waals surface area contributed by atoms with E-state index in [4.69, 9.17) is 16.3 Å². The SMILES string of the molecule is O=S1(=O)N=C(c2ccc(OCc3ccccc3)c(Cl)c2)Nc2ccccc21. The quantitative estimate of drug-likeness (QED) is 0.703. The summed E-state index contributed by atoms with van der Waals surface area (Å²) in [5, 5.41) is 3.42.